The van der Waals surface area contributed by atoms with Gasteiger partial charge in [-0.1, -0.05) is 12.1 Å². The molecule has 1 aromatic heterocycles. The Kier molecular flexibility index (Phi) is 10.3. The number of hydrogen-bond donors (Lipinski definition) is 2. The summed E-state index contributed by atoms with van der Waals surface area (Å²) in [4.78, 5) is 13.4. The Balaban J connectivity index is 0.00000341. The van der Waals surface area contributed by atoms with E-state index in [0.717, 1.165) is 37.6 Å². The third-order valence-corrected chi connectivity index (χ3v) is 5.04. The lowest BCUT2D eigenvalue weighted by Gasteiger charge is -2.33. The largest absolute Gasteiger partial charge is 0.486 e. The minimum atomic E-state index is -0.360. The first-order valence-electron chi connectivity index (χ1n) is 10.3. The SMILES string of the molecule is CN=C(NCc1ccnc(N2CCN(C)CC2)c1)NCC(C)Oc1ccccc1F.I. The van der Waals surface area contributed by atoms with Gasteiger partial charge in [0, 0.05) is 46.0 Å². The second-order valence-electron chi connectivity index (χ2n) is 7.48. The number of likely N-dealkylation sites (N-methyl/N-ethyl adjacent to an activating group) is 1. The number of aromatic nitrogens is 1. The number of halogens is 2. The Morgan fingerprint density at radius 2 is 1.94 bits per heavy atom. The van der Waals surface area contributed by atoms with Gasteiger partial charge in [0.25, 0.3) is 0 Å². The number of ether oxygens (including phenoxy) is 1. The van der Waals surface area contributed by atoms with E-state index in [9.17, 15) is 4.39 Å². The Hall–Kier alpha value is -2.14. The topological polar surface area (TPSA) is 65.0 Å². The standard InChI is InChI=1S/C22H31FN6O.HI/c1-17(30-20-7-5-4-6-19(20)23)15-26-22(24-2)27-16-18-8-9-25-21(14-18)29-12-10-28(3)11-13-29;/h4-9,14,17H,10-13,15-16H2,1-3H3,(H2,24,26,27);1H. The van der Waals surface area contributed by atoms with Gasteiger partial charge in [-0.05, 0) is 43.8 Å². The van der Waals surface area contributed by atoms with E-state index in [0.29, 0.717) is 19.0 Å². The van der Waals surface area contributed by atoms with Gasteiger partial charge in [0.1, 0.15) is 11.9 Å². The van der Waals surface area contributed by atoms with Crippen molar-refractivity contribution < 1.29 is 9.13 Å². The molecule has 0 spiro atoms. The molecule has 31 heavy (non-hydrogen) atoms. The van der Waals surface area contributed by atoms with Crippen LogP contribution >= 0.6 is 24.0 Å². The van der Waals surface area contributed by atoms with Crippen LogP contribution in [0.5, 0.6) is 5.75 Å². The second-order valence-corrected chi connectivity index (χ2v) is 7.48. The minimum Gasteiger partial charge on any atom is -0.486 e. The Labute approximate surface area is 201 Å². The lowest BCUT2D eigenvalue weighted by atomic mass is 10.2. The number of hydrogen-bond acceptors (Lipinski definition) is 5. The molecule has 0 saturated carbocycles. The van der Waals surface area contributed by atoms with E-state index in [1.54, 1.807) is 25.2 Å². The number of nitrogens with one attached hydrogen (secondary N) is 2. The molecule has 9 heteroatoms. The fourth-order valence-electron chi connectivity index (χ4n) is 3.22. The predicted molar refractivity (Wildman–Crippen MR) is 134 cm³/mol. The maximum absolute atomic E-state index is 13.7. The fraction of sp³-hybridized carbons (Fsp3) is 0.455. The summed E-state index contributed by atoms with van der Waals surface area (Å²) >= 11 is 0. The molecule has 170 valence electrons. The van der Waals surface area contributed by atoms with E-state index in [2.05, 4.69) is 43.5 Å². The second kappa shape index (κ2) is 12.7. The number of anilines is 1. The summed E-state index contributed by atoms with van der Waals surface area (Å²) in [6, 6.07) is 10.5. The summed E-state index contributed by atoms with van der Waals surface area (Å²) in [5.41, 5.74) is 1.14. The highest BCUT2D eigenvalue weighted by Crippen LogP contribution is 2.17. The van der Waals surface area contributed by atoms with Crippen molar-refractivity contribution in [2.24, 2.45) is 4.99 Å². The lowest BCUT2D eigenvalue weighted by Crippen LogP contribution is -2.44. The van der Waals surface area contributed by atoms with E-state index >= 15 is 0 Å². The van der Waals surface area contributed by atoms with Gasteiger partial charge in [0.05, 0.1) is 6.54 Å². The minimum absolute atomic E-state index is 0. The molecular weight excluding hydrogens is 510 g/mol. The third-order valence-electron chi connectivity index (χ3n) is 5.04. The van der Waals surface area contributed by atoms with Gasteiger partial charge in [-0.3, -0.25) is 4.99 Å². The van der Waals surface area contributed by atoms with Crippen LogP contribution in [0, 0.1) is 5.82 Å². The number of guanidine groups is 1. The molecule has 1 fully saturated rings. The fourth-order valence-corrected chi connectivity index (χ4v) is 3.22. The van der Waals surface area contributed by atoms with Crippen molar-refractivity contribution in [1.29, 1.82) is 0 Å². The van der Waals surface area contributed by atoms with Crippen molar-refractivity contribution >= 4 is 35.8 Å². The van der Waals surface area contributed by atoms with Crippen LogP contribution in [0.4, 0.5) is 10.2 Å². The molecule has 2 heterocycles. The molecule has 0 radical (unpaired) electrons. The molecule has 1 aromatic carbocycles. The molecule has 3 rings (SSSR count). The smallest absolute Gasteiger partial charge is 0.191 e. The first-order chi connectivity index (χ1) is 14.5. The maximum Gasteiger partial charge on any atom is 0.191 e. The van der Waals surface area contributed by atoms with Crippen molar-refractivity contribution in [2.45, 2.75) is 19.6 Å². The maximum atomic E-state index is 13.7. The Bertz CT molecular complexity index is 844. The summed E-state index contributed by atoms with van der Waals surface area (Å²) in [6.07, 6.45) is 1.63. The van der Waals surface area contributed by atoms with Crippen molar-refractivity contribution in [3.8, 4) is 5.75 Å². The molecule has 1 atom stereocenters. The zero-order valence-electron chi connectivity index (χ0n) is 18.3. The van der Waals surface area contributed by atoms with Gasteiger partial charge in [0.2, 0.25) is 0 Å². The molecule has 0 amide bonds. The van der Waals surface area contributed by atoms with Gasteiger partial charge >= 0.3 is 0 Å². The van der Waals surface area contributed by atoms with Gasteiger partial charge in [-0.25, -0.2) is 9.37 Å². The summed E-state index contributed by atoms with van der Waals surface area (Å²) in [6.45, 7) is 7.09. The molecule has 1 unspecified atom stereocenters. The van der Waals surface area contributed by atoms with Gasteiger partial charge in [-0.2, -0.15) is 0 Å². The first kappa shape index (κ1) is 25.1. The summed E-state index contributed by atoms with van der Waals surface area (Å²) in [5, 5.41) is 6.53. The van der Waals surface area contributed by atoms with Gasteiger partial charge in [-0.15, -0.1) is 24.0 Å². The number of para-hydroxylation sites is 1. The zero-order valence-corrected chi connectivity index (χ0v) is 20.7. The molecule has 2 N–H and O–H groups in total. The Morgan fingerprint density at radius 1 is 1.19 bits per heavy atom. The molecule has 1 saturated heterocycles. The monoisotopic (exact) mass is 542 g/mol. The number of piperazine rings is 1. The lowest BCUT2D eigenvalue weighted by molar-refractivity contribution is 0.214. The molecule has 1 aliphatic rings. The molecule has 0 bridgehead atoms. The van der Waals surface area contributed by atoms with E-state index in [1.165, 1.54) is 6.07 Å². The average molecular weight is 542 g/mol. The van der Waals surface area contributed by atoms with Crippen molar-refractivity contribution in [3.63, 3.8) is 0 Å². The van der Waals surface area contributed by atoms with Crippen LogP contribution in [0.1, 0.15) is 12.5 Å². The number of rotatable bonds is 7. The number of benzene rings is 1. The Morgan fingerprint density at radius 3 is 2.65 bits per heavy atom. The molecule has 1 aliphatic heterocycles. The van der Waals surface area contributed by atoms with Crippen LogP contribution in [0.3, 0.4) is 0 Å². The van der Waals surface area contributed by atoms with Crippen LogP contribution in [0.2, 0.25) is 0 Å². The summed E-state index contributed by atoms with van der Waals surface area (Å²) in [5.74, 6) is 1.57. The van der Waals surface area contributed by atoms with E-state index < -0.39 is 0 Å². The predicted octanol–water partition coefficient (Wildman–Crippen LogP) is 2.72. The van der Waals surface area contributed by atoms with Crippen molar-refractivity contribution in [1.82, 2.24) is 20.5 Å². The van der Waals surface area contributed by atoms with Crippen LogP contribution in [0.15, 0.2) is 47.6 Å². The number of pyridine rings is 1. The van der Waals surface area contributed by atoms with E-state index in [1.807, 2.05) is 19.2 Å². The highest BCUT2D eigenvalue weighted by molar-refractivity contribution is 14.0. The molecule has 7 nitrogen and oxygen atoms in total. The number of aliphatic imine (C=N–C) groups is 1. The summed E-state index contributed by atoms with van der Waals surface area (Å²) < 4.78 is 19.4. The third kappa shape index (κ3) is 7.80. The highest BCUT2D eigenvalue weighted by atomic mass is 127. The highest BCUT2D eigenvalue weighted by Gasteiger charge is 2.15. The molecular formula is C22H32FIN6O. The van der Waals surface area contributed by atoms with Crippen molar-refractivity contribution in [2.75, 3.05) is 51.7 Å². The van der Waals surface area contributed by atoms with Gasteiger partial charge < -0.3 is 25.2 Å². The first-order valence-corrected chi connectivity index (χ1v) is 10.3. The normalized spacial score (nSPS) is 15.7. The molecule has 0 aliphatic carbocycles. The quantitative estimate of drug-likeness (QED) is 0.319. The van der Waals surface area contributed by atoms with Gasteiger partial charge in [0.15, 0.2) is 17.5 Å². The summed E-state index contributed by atoms with van der Waals surface area (Å²) in [7, 11) is 3.87. The molecule has 2 aromatic rings. The van der Waals surface area contributed by atoms with Crippen LogP contribution in [-0.4, -0.2) is 68.8 Å². The zero-order chi connectivity index (χ0) is 21.3. The number of nitrogens with zero attached hydrogens (tertiary/aromatic N) is 4. The van der Waals surface area contributed by atoms with E-state index in [-0.39, 0.29) is 41.6 Å². The average Bonchev–Trinajstić information content (AvgIpc) is 2.76. The van der Waals surface area contributed by atoms with Crippen molar-refractivity contribution in [3.05, 3.63) is 54.0 Å². The van der Waals surface area contributed by atoms with E-state index in [4.69, 9.17) is 4.74 Å². The van der Waals surface area contributed by atoms with Crippen LogP contribution < -0.4 is 20.3 Å². The van der Waals surface area contributed by atoms with Crippen LogP contribution in [-0.2, 0) is 6.54 Å². The van der Waals surface area contributed by atoms with Crippen LogP contribution in [0.25, 0.3) is 0 Å².